The topological polar surface area (TPSA) is 0 Å². The first-order valence-electron chi connectivity index (χ1n) is 9.73. The molecule has 0 aliphatic carbocycles. The van der Waals surface area contributed by atoms with Gasteiger partial charge in [0.25, 0.3) is 0 Å². The number of hydrogen-bond acceptors (Lipinski definition) is 0. The van der Waals surface area contributed by atoms with Gasteiger partial charge in [-0.05, 0) is 26.4 Å². The Morgan fingerprint density at radius 1 is 0.379 bits per heavy atom. The summed E-state index contributed by atoms with van der Waals surface area (Å²) in [7, 11) is -5.20. The molecule has 0 bridgehead atoms. The van der Waals surface area contributed by atoms with Crippen molar-refractivity contribution < 1.29 is 0 Å². The first kappa shape index (κ1) is 20.2. The van der Waals surface area contributed by atoms with Crippen LogP contribution in [-0.4, -0.2) is 14.8 Å². The van der Waals surface area contributed by atoms with Crippen LogP contribution in [0, 0.1) is 0 Å². The molecule has 0 amide bonds. The summed E-state index contributed by atoms with van der Waals surface area (Å²) in [5, 5.41) is 4.82. The van der Waals surface area contributed by atoms with E-state index in [0.29, 0.717) is 0 Å². The highest BCUT2D eigenvalue weighted by molar-refractivity contribution is 7.46. The van der Waals surface area contributed by atoms with Crippen molar-refractivity contribution in [1.82, 2.24) is 0 Å². The van der Waals surface area contributed by atoms with Gasteiger partial charge in [0.15, 0.2) is 0 Å². The maximum atomic E-state index is 7.66. The SMILES string of the molecule is Cl[Si](C[Si](Cl)(c1ccccc1)c1ccccc1)(c1ccccc1)c1ccccc1. The standard InChI is InChI=1S/C25H22Cl2Si2/c26-28(22-13-5-1-6-14-22,23-15-7-2-8-16-23)21-29(27,24-17-9-3-10-18-24)25-19-11-4-12-20-25/h1-20H,21H2. The lowest BCUT2D eigenvalue weighted by Gasteiger charge is -2.35. The van der Waals surface area contributed by atoms with Crippen LogP contribution < -0.4 is 20.7 Å². The van der Waals surface area contributed by atoms with E-state index in [1.54, 1.807) is 0 Å². The van der Waals surface area contributed by atoms with Gasteiger partial charge in [-0.2, -0.15) is 22.2 Å². The number of hydrogen-bond donors (Lipinski definition) is 0. The van der Waals surface area contributed by atoms with E-state index < -0.39 is 14.8 Å². The average Bonchev–Trinajstić information content (AvgIpc) is 2.81. The molecular formula is C25H22Cl2Si2. The first-order chi connectivity index (χ1) is 14.1. The maximum Gasteiger partial charge on any atom is 0.216 e. The summed E-state index contributed by atoms with van der Waals surface area (Å²) in [6, 6.07) is 42.0. The van der Waals surface area contributed by atoms with Gasteiger partial charge in [0.1, 0.15) is 0 Å². The largest absolute Gasteiger partial charge is 0.216 e. The molecule has 4 aromatic rings. The molecule has 0 atom stereocenters. The zero-order valence-electron chi connectivity index (χ0n) is 16.0. The van der Waals surface area contributed by atoms with Crippen molar-refractivity contribution in [3.05, 3.63) is 121 Å². The van der Waals surface area contributed by atoms with Crippen LogP contribution >= 0.6 is 22.2 Å². The molecule has 0 saturated carbocycles. The highest BCUT2D eigenvalue weighted by Gasteiger charge is 2.47. The van der Waals surface area contributed by atoms with E-state index in [2.05, 4.69) is 97.1 Å². The van der Waals surface area contributed by atoms with Crippen LogP contribution in [0.1, 0.15) is 0 Å². The van der Waals surface area contributed by atoms with E-state index in [9.17, 15) is 0 Å². The third-order valence-electron chi connectivity index (χ3n) is 5.41. The van der Waals surface area contributed by atoms with E-state index in [4.69, 9.17) is 22.2 Å². The zero-order valence-corrected chi connectivity index (χ0v) is 19.5. The van der Waals surface area contributed by atoms with Gasteiger partial charge in [-0.1, -0.05) is 121 Å². The molecule has 144 valence electrons. The minimum Gasteiger partial charge on any atom is -0.155 e. The highest BCUT2D eigenvalue weighted by Crippen LogP contribution is 2.27. The van der Waals surface area contributed by atoms with Crippen molar-refractivity contribution in [3.8, 4) is 0 Å². The molecule has 0 aliphatic heterocycles. The Hall–Kier alpha value is -2.11. The van der Waals surface area contributed by atoms with Gasteiger partial charge in [0, 0.05) is 0 Å². The summed E-state index contributed by atoms with van der Waals surface area (Å²) in [5.74, 6) is 0. The molecule has 0 fully saturated rings. The Bertz CT molecular complexity index is 873. The normalized spacial score (nSPS) is 11.9. The predicted octanol–water partition coefficient (Wildman–Crippen LogP) is 4.52. The molecule has 4 rings (SSSR count). The van der Waals surface area contributed by atoms with Gasteiger partial charge in [-0.25, -0.2) is 0 Å². The molecule has 0 unspecified atom stereocenters. The Balaban J connectivity index is 1.91. The average molecular weight is 450 g/mol. The summed E-state index contributed by atoms with van der Waals surface area (Å²) in [5.41, 5.74) is 0.783. The van der Waals surface area contributed by atoms with Crippen LogP contribution in [0.4, 0.5) is 0 Å². The Morgan fingerprint density at radius 2 is 0.586 bits per heavy atom. The van der Waals surface area contributed by atoms with Gasteiger partial charge in [0.2, 0.25) is 14.8 Å². The fourth-order valence-electron chi connectivity index (χ4n) is 3.89. The molecule has 4 aromatic carbocycles. The summed E-state index contributed by atoms with van der Waals surface area (Å²) in [6.45, 7) is 0. The van der Waals surface area contributed by atoms with Gasteiger partial charge >= 0.3 is 0 Å². The quantitative estimate of drug-likeness (QED) is 0.300. The van der Waals surface area contributed by atoms with Gasteiger partial charge in [0.05, 0.1) is 0 Å². The number of halogens is 2. The minimum atomic E-state index is -2.60. The van der Waals surface area contributed by atoms with Crippen LogP contribution in [0.5, 0.6) is 0 Å². The first-order valence-corrected chi connectivity index (χ1v) is 16.2. The molecule has 0 saturated heterocycles. The number of benzene rings is 4. The molecular weight excluding hydrogens is 427 g/mol. The smallest absolute Gasteiger partial charge is 0.155 e. The summed E-state index contributed by atoms with van der Waals surface area (Å²) < 4.78 is 0. The van der Waals surface area contributed by atoms with Crippen molar-refractivity contribution in [2.45, 2.75) is 5.67 Å². The fourth-order valence-corrected chi connectivity index (χ4v) is 19.1. The monoisotopic (exact) mass is 448 g/mol. The van der Waals surface area contributed by atoms with Crippen LogP contribution in [0.15, 0.2) is 121 Å². The third-order valence-corrected chi connectivity index (χ3v) is 19.3. The van der Waals surface area contributed by atoms with Gasteiger partial charge in [-0.3, -0.25) is 0 Å². The second-order valence-corrected chi connectivity index (χ2v) is 18.0. The van der Waals surface area contributed by atoms with Gasteiger partial charge < -0.3 is 0 Å². The van der Waals surface area contributed by atoms with Crippen molar-refractivity contribution in [3.63, 3.8) is 0 Å². The van der Waals surface area contributed by atoms with E-state index in [0.717, 1.165) is 5.67 Å². The van der Waals surface area contributed by atoms with Crippen molar-refractivity contribution >= 4 is 57.7 Å². The van der Waals surface area contributed by atoms with Crippen LogP contribution in [0.2, 0.25) is 5.67 Å². The fraction of sp³-hybridized carbons (Fsp3) is 0.0400. The summed E-state index contributed by atoms with van der Waals surface area (Å²) in [6.07, 6.45) is 0. The Morgan fingerprint density at radius 3 is 0.793 bits per heavy atom. The van der Waals surface area contributed by atoms with E-state index >= 15 is 0 Å². The van der Waals surface area contributed by atoms with E-state index in [1.807, 2.05) is 24.3 Å². The summed E-state index contributed by atoms with van der Waals surface area (Å²) in [4.78, 5) is 0. The minimum absolute atomic E-state index is 0.783. The van der Waals surface area contributed by atoms with Crippen molar-refractivity contribution in [2.75, 3.05) is 0 Å². The van der Waals surface area contributed by atoms with Gasteiger partial charge in [-0.15, -0.1) is 0 Å². The summed E-state index contributed by atoms with van der Waals surface area (Å²) >= 11 is 15.3. The van der Waals surface area contributed by atoms with Crippen molar-refractivity contribution in [1.29, 1.82) is 0 Å². The Labute approximate surface area is 184 Å². The number of rotatable bonds is 6. The van der Waals surface area contributed by atoms with E-state index in [1.165, 1.54) is 20.7 Å². The molecule has 0 nitrogen and oxygen atoms in total. The predicted molar refractivity (Wildman–Crippen MR) is 132 cm³/mol. The molecule has 0 spiro atoms. The molecule has 4 heteroatoms. The van der Waals surface area contributed by atoms with Crippen LogP contribution in [0.3, 0.4) is 0 Å². The third kappa shape index (κ3) is 4.12. The lowest BCUT2D eigenvalue weighted by molar-refractivity contribution is 1.65. The molecule has 0 radical (unpaired) electrons. The lowest BCUT2D eigenvalue weighted by Crippen LogP contribution is -2.65. The lowest BCUT2D eigenvalue weighted by atomic mass is 10.4. The Kier molecular flexibility index (Phi) is 6.07. The highest BCUT2D eigenvalue weighted by atomic mass is 35.6. The van der Waals surface area contributed by atoms with Crippen LogP contribution in [0.25, 0.3) is 0 Å². The van der Waals surface area contributed by atoms with Crippen molar-refractivity contribution in [2.24, 2.45) is 0 Å². The van der Waals surface area contributed by atoms with Crippen LogP contribution in [-0.2, 0) is 0 Å². The molecule has 0 aliphatic rings. The molecule has 29 heavy (non-hydrogen) atoms. The molecule has 0 N–H and O–H groups in total. The molecule has 0 heterocycles. The maximum absolute atomic E-state index is 7.66. The zero-order chi connectivity index (χ0) is 20.2. The second-order valence-electron chi connectivity index (χ2n) is 7.24. The second kappa shape index (κ2) is 8.72. The van der Waals surface area contributed by atoms with E-state index in [-0.39, 0.29) is 0 Å². The molecule has 0 aromatic heterocycles.